The van der Waals surface area contributed by atoms with Gasteiger partial charge in [-0.25, -0.2) is 11.4 Å². The van der Waals surface area contributed by atoms with Gasteiger partial charge in [0.25, 0.3) is 0 Å². The number of rotatable bonds is 1. The van der Waals surface area contributed by atoms with E-state index in [9.17, 15) is 4.79 Å². The monoisotopic (exact) mass is 124 g/mol. The summed E-state index contributed by atoms with van der Waals surface area (Å²) in [6, 6.07) is 0. The minimum Gasteiger partial charge on any atom is -0.476 e. The van der Waals surface area contributed by atoms with Crippen molar-refractivity contribution in [2.45, 2.75) is 0 Å². The number of hydrogen-bond donors (Lipinski definition) is 1. The third kappa shape index (κ3) is 10.8. The van der Waals surface area contributed by atoms with E-state index in [2.05, 4.69) is 4.85 Å². The van der Waals surface area contributed by atoms with Gasteiger partial charge in [-0.15, -0.1) is 0 Å². The Kier molecular flexibility index (Phi) is 9.95. The third-order valence-electron chi connectivity index (χ3n) is 0.214. The third-order valence-corrected chi connectivity index (χ3v) is 0.214. The first-order valence-corrected chi connectivity index (χ1v) is 1.32. The summed E-state index contributed by atoms with van der Waals surface area (Å²) in [4.78, 5) is 12.0. The van der Waals surface area contributed by atoms with Crippen LogP contribution in [-0.2, 0) is 4.79 Å². The zero-order chi connectivity index (χ0) is 4.99. The number of aliphatic carboxylic acids is 1. The molecule has 0 radical (unpaired) electrons. The quantitative estimate of drug-likeness (QED) is 0.299. The molecule has 0 aliphatic heterocycles. The van der Waals surface area contributed by atoms with Crippen LogP contribution in [0.15, 0.2) is 0 Å². The summed E-state index contributed by atoms with van der Waals surface area (Å²) in [6.07, 6.45) is 0. The Morgan fingerprint density at radius 3 is 2.29 bits per heavy atom. The molecule has 32 valence electrons. The molecule has 7 heavy (non-hydrogen) atoms. The molecule has 0 unspecified atom stereocenters. The van der Waals surface area contributed by atoms with Gasteiger partial charge < -0.3 is 9.95 Å². The maximum Gasteiger partial charge on any atom is 1.00 e. The van der Waals surface area contributed by atoms with Gasteiger partial charge in [-0.2, -0.15) is 0 Å². The van der Waals surface area contributed by atoms with Crippen molar-refractivity contribution in [3.8, 4) is 0 Å². The summed E-state index contributed by atoms with van der Waals surface area (Å²) >= 11 is 0. The molecule has 0 saturated carbocycles. The Morgan fingerprint density at radius 2 is 2.29 bits per heavy atom. The molecule has 0 bridgehead atoms. The van der Waals surface area contributed by atoms with E-state index < -0.39 is 12.5 Å². The van der Waals surface area contributed by atoms with Crippen LogP contribution in [0.4, 0.5) is 0 Å². The zero-order valence-corrected chi connectivity index (χ0v) is 7.13. The first-order valence-electron chi connectivity index (χ1n) is 1.32. The van der Waals surface area contributed by atoms with E-state index >= 15 is 0 Å². The molecule has 4 heteroatoms. The first kappa shape index (κ1) is 10.6. The van der Waals surface area contributed by atoms with Crippen LogP contribution < -0.4 is 51.4 Å². The molecular weight excluding hydrogens is 121 g/mol. The standard InChI is InChI=1S/C3H3NO2.K/c1-4-2-3(5)6;/h2H2,(H,5,6);/q;+1. The van der Waals surface area contributed by atoms with Gasteiger partial charge in [0.1, 0.15) is 0 Å². The molecular formula is C3H3KNO2+. The maximum absolute atomic E-state index is 9.39. The SMILES string of the molecule is [C-]#[N+]CC(=O)O.[K+]. The number of carboxylic acids is 1. The van der Waals surface area contributed by atoms with Crippen molar-refractivity contribution in [3.05, 3.63) is 11.4 Å². The van der Waals surface area contributed by atoms with Crippen LogP contribution in [0.3, 0.4) is 0 Å². The number of carboxylic acid groups (broad SMARTS) is 1. The molecule has 0 heterocycles. The molecule has 0 aromatic heterocycles. The van der Waals surface area contributed by atoms with E-state index in [4.69, 9.17) is 11.7 Å². The predicted octanol–water partition coefficient (Wildman–Crippen LogP) is -3.01. The number of carbonyl (C=O) groups is 1. The maximum atomic E-state index is 9.39. The van der Waals surface area contributed by atoms with Crippen LogP contribution in [-0.4, -0.2) is 17.6 Å². The van der Waals surface area contributed by atoms with Crippen molar-refractivity contribution < 1.29 is 61.3 Å². The number of nitrogens with zero attached hydrogens (tertiary/aromatic N) is 1. The van der Waals surface area contributed by atoms with Gasteiger partial charge in [-0.05, 0) is 0 Å². The van der Waals surface area contributed by atoms with Gasteiger partial charge >= 0.3 is 63.9 Å². The van der Waals surface area contributed by atoms with Gasteiger partial charge in [0.2, 0.25) is 0 Å². The first-order chi connectivity index (χ1) is 2.77. The smallest absolute Gasteiger partial charge is 0.476 e. The van der Waals surface area contributed by atoms with E-state index in [1.165, 1.54) is 0 Å². The van der Waals surface area contributed by atoms with E-state index in [0.29, 0.717) is 0 Å². The summed E-state index contributed by atoms with van der Waals surface area (Å²) < 4.78 is 0. The summed E-state index contributed by atoms with van der Waals surface area (Å²) in [7, 11) is 0. The van der Waals surface area contributed by atoms with Crippen molar-refractivity contribution >= 4 is 5.97 Å². The Labute approximate surface area is 84.0 Å². The van der Waals surface area contributed by atoms with Gasteiger partial charge in [0.15, 0.2) is 0 Å². The largest absolute Gasteiger partial charge is 1.00 e. The van der Waals surface area contributed by atoms with Crippen molar-refractivity contribution in [2.24, 2.45) is 0 Å². The van der Waals surface area contributed by atoms with Crippen molar-refractivity contribution in [2.75, 3.05) is 6.54 Å². The van der Waals surface area contributed by atoms with Crippen LogP contribution >= 0.6 is 0 Å². The molecule has 0 aliphatic carbocycles. The van der Waals surface area contributed by atoms with Crippen molar-refractivity contribution in [1.29, 1.82) is 0 Å². The fraction of sp³-hybridized carbons (Fsp3) is 0.333. The minimum absolute atomic E-state index is 0. The van der Waals surface area contributed by atoms with Gasteiger partial charge in [-0.1, -0.05) is 0 Å². The molecule has 0 amide bonds. The fourth-order valence-corrected chi connectivity index (χ4v) is 0.0676. The zero-order valence-electron chi connectivity index (χ0n) is 4.01. The van der Waals surface area contributed by atoms with Crippen LogP contribution in [0.2, 0.25) is 0 Å². The average Bonchev–Trinajstić information content (AvgIpc) is 1.35. The Morgan fingerprint density at radius 1 is 1.86 bits per heavy atom. The van der Waals surface area contributed by atoms with Crippen LogP contribution in [0.25, 0.3) is 4.85 Å². The second-order valence-electron chi connectivity index (χ2n) is 0.710. The molecule has 1 N–H and O–H groups in total. The molecule has 0 spiro atoms. The Bertz CT molecular complexity index is 95.6. The second kappa shape index (κ2) is 6.60. The molecule has 0 aromatic carbocycles. The number of hydrogen-bond acceptors (Lipinski definition) is 1. The molecule has 0 fully saturated rings. The molecule has 0 saturated heterocycles. The van der Waals surface area contributed by atoms with Crippen LogP contribution in [0.5, 0.6) is 0 Å². The summed E-state index contributed by atoms with van der Waals surface area (Å²) in [5.74, 6) is -1.06. The molecule has 3 nitrogen and oxygen atoms in total. The predicted molar refractivity (Wildman–Crippen MR) is 19.1 cm³/mol. The van der Waals surface area contributed by atoms with Crippen LogP contribution in [0.1, 0.15) is 0 Å². The Balaban J connectivity index is 0. The molecule has 0 rings (SSSR count). The van der Waals surface area contributed by atoms with Gasteiger partial charge in [-0.3, -0.25) is 0 Å². The normalized spacial score (nSPS) is 5.57. The van der Waals surface area contributed by atoms with E-state index in [1.54, 1.807) is 0 Å². The van der Waals surface area contributed by atoms with Crippen molar-refractivity contribution in [1.82, 2.24) is 0 Å². The Hall–Kier alpha value is 0.596. The minimum atomic E-state index is -1.06. The van der Waals surface area contributed by atoms with E-state index in [-0.39, 0.29) is 51.4 Å². The topological polar surface area (TPSA) is 41.7 Å². The summed E-state index contributed by atoms with van der Waals surface area (Å²) in [5.41, 5.74) is 0. The molecule has 0 aromatic rings. The van der Waals surface area contributed by atoms with Gasteiger partial charge in [0.05, 0.1) is 0 Å². The fourth-order valence-electron chi connectivity index (χ4n) is 0.0676. The second-order valence-corrected chi connectivity index (χ2v) is 0.710. The van der Waals surface area contributed by atoms with E-state index in [1.807, 2.05) is 0 Å². The van der Waals surface area contributed by atoms with Crippen molar-refractivity contribution in [3.63, 3.8) is 0 Å². The van der Waals surface area contributed by atoms with Crippen LogP contribution in [0, 0.1) is 6.57 Å². The summed E-state index contributed by atoms with van der Waals surface area (Å²) in [6.45, 7) is 5.56. The molecule has 0 atom stereocenters. The molecule has 0 aliphatic rings. The summed E-state index contributed by atoms with van der Waals surface area (Å²) in [5, 5.41) is 7.70. The average molecular weight is 124 g/mol. The van der Waals surface area contributed by atoms with E-state index in [0.717, 1.165) is 0 Å². The van der Waals surface area contributed by atoms with Gasteiger partial charge in [0, 0.05) is 0 Å².